The van der Waals surface area contributed by atoms with Crippen molar-refractivity contribution in [3.63, 3.8) is 0 Å². The Hall–Kier alpha value is -1.71. The van der Waals surface area contributed by atoms with E-state index in [2.05, 4.69) is 0 Å². The Morgan fingerprint density at radius 2 is 2.20 bits per heavy atom. The summed E-state index contributed by atoms with van der Waals surface area (Å²) in [6.07, 6.45) is 0.581. The van der Waals surface area contributed by atoms with Gasteiger partial charge in [-0.1, -0.05) is 0 Å². The summed E-state index contributed by atoms with van der Waals surface area (Å²) in [5.74, 6) is 0.0204. The van der Waals surface area contributed by atoms with Crippen molar-refractivity contribution < 1.29 is 18.1 Å². The number of hydrogen-bond acceptors (Lipinski definition) is 6. The molecular weight excluding hydrogens is 286 g/mol. The zero-order chi connectivity index (χ0) is 14.9. The number of nitrogens with two attached hydrogens (primary N) is 1. The molecule has 0 bridgehead atoms. The minimum Gasteiger partial charge on any atom is -0.490 e. The molecule has 8 nitrogen and oxygen atoms in total. The lowest BCUT2D eigenvalue weighted by atomic mass is 10.3. The molecule has 0 spiro atoms. The second-order valence-electron chi connectivity index (χ2n) is 4.50. The van der Waals surface area contributed by atoms with Crippen LogP contribution in [0.3, 0.4) is 0 Å². The maximum absolute atomic E-state index is 12.4. The van der Waals surface area contributed by atoms with Gasteiger partial charge < -0.3 is 10.5 Å². The quantitative estimate of drug-likeness (QED) is 0.632. The number of sulfonamides is 1. The number of nitro groups is 1. The van der Waals surface area contributed by atoms with E-state index >= 15 is 0 Å². The number of nitro benzene ring substituents is 1. The molecule has 2 N–H and O–H groups in total. The molecule has 1 fully saturated rings. The molecule has 1 aliphatic rings. The summed E-state index contributed by atoms with van der Waals surface area (Å²) in [5, 5.41) is 10.9. The molecular formula is C11H15N3O5S. The van der Waals surface area contributed by atoms with Crippen molar-refractivity contribution in [1.29, 1.82) is 0 Å². The second kappa shape index (κ2) is 5.35. The molecule has 0 amide bonds. The molecule has 1 saturated heterocycles. The van der Waals surface area contributed by atoms with Crippen molar-refractivity contribution in [2.24, 2.45) is 5.73 Å². The van der Waals surface area contributed by atoms with Crippen LogP contribution in [0.15, 0.2) is 23.1 Å². The Morgan fingerprint density at radius 3 is 2.70 bits per heavy atom. The van der Waals surface area contributed by atoms with Gasteiger partial charge in [-0.3, -0.25) is 10.1 Å². The van der Waals surface area contributed by atoms with Gasteiger partial charge in [0.1, 0.15) is 0 Å². The van der Waals surface area contributed by atoms with E-state index in [4.69, 9.17) is 10.5 Å². The molecule has 0 unspecified atom stereocenters. The topological polar surface area (TPSA) is 116 Å². The van der Waals surface area contributed by atoms with Crippen LogP contribution in [0.1, 0.15) is 6.42 Å². The van der Waals surface area contributed by atoms with Crippen LogP contribution in [0.5, 0.6) is 5.75 Å². The van der Waals surface area contributed by atoms with E-state index in [0.29, 0.717) is 13.0 Å². The van der Waals surface area contributed by atoms with Gasteiger partial charge in [0.2, 0.25) is 10.0 Å². The van der Waals surface area contributed by atoms with Crippen LogP contribution in [0, 0.1) is 10.1 Å². The van der Waals surface area contributed by atoms with Crippen molar-refractivity contribution in [3.05, 3.63) is 28.3 Å². The van der Waals surface area contributed by atoms with Gasteiger partial charge in [0.05, 0.1) is 16.9 Å². The summed E-state index contributed by atoms with van der Waals surface area (Å²) in [4.78, 5) is 10.1. The highest BCUT2D eigenvalue weighted by Gasteiger charge is 2.32. The minimum atomic E-state index is -3.76. The average Bonchev–Trinajstić information content (AvgIpc) is 2.85. The van der Waals surface area contributed by atoms with E-state index in [9.17, 15) is 18.5 Å². The van der Waals surface area contributed by atoms with Gasteiger partial charge in [0, 0.05) is 25.2 Å². The maximum atomic E-state index is 12.4. The van der Waals surface area contributed by atoms with Crippen LogP contribution in [-0.2, 0) is 10.0 Å². The van der Waals surface area contributed by atoms with E-state index in [-0.39, 0.29) is 28.9 Å². The van der Waals surface area contributed by atoms with Crippen molar-refractivity contribution >= 4 is 15.7 Å². The highest BCUT2D eigenvalue weighted by molar-refractivity contribution is 7.89. The van der Waals surface area contributed by atoms with Crippen LogP contribution in [-0.4, -0.2) is 43.9 Å². The van der Waals surface area contributed by atoms with Crippen LogP contribution in [0.4, 0.5) is 5.69 Å². The fraction of sp³-hybridized carbons (Fsp3) is 0.455. The SMILES string of the molecule is COc1ccc(S(=O)(=O)N2CC[C@@H](N)C2)cc1[N+](=O)[O-]. The minimum absolute atomic E-state index is 0.0204. The summed E-state index contributed by atoms with van der Waals surface area (Å²) in [6, 6.07) is 3.39. The highest BCUT2D eigenvalue weighted by Crippen LogP contribution is 2.31. The molecule has 1 aromatic carbocycles. The zero-order valence-corrected chi connectivity index (χ0v) is 11.7. The van der Waals surface area contributed by atoms with Crippen molar-refractivity contribution in [2.75, 3.05) is 20.2 Å². The molecule has 0 radical (unpaired) electrons. The van der Waals surface area contributed by atoms with Crippen molar-refractivity contribution in [1.82, 2.24) is 4.31 Å². The molecule has 1 heterocycles. The van der Waals surface area contributed by atoms with Crippen LogP contribution >= 0.6 is 0 Å². The largest absolute Gasteiger partial charge is 0.490 e. The first-order valence-corrected chi connectivity index (χ1v) is 7.38. The molecule has 0 saturated carbocycles. The molecule has 20 heavy (non-hydrogen) atoms. The van der Waals surface area contributed by atoms with Crippen LogP contribution < -0.4 is 10.5 Å². The van der Waals surface area contributed by atoms with Crippen molar-refractivity contribution in [3.8, 4) is 5.75 Å². The van der Waals surface area contributed by atoms with Crippen molar-refractivity contribution in [2.45, 2.75) is 17.4 Å². The van der Waals surface area contributed by atoms with Gasteiger partial charge >= 0.3 is 5.69 Å². The monoisotopic (exact) mass is 301 g/mol. The Morgan fingerprint density at radius 1 is 1.50 bits per heavy atom. The average molecular weight is 301 g/mol. The summed E-state index contributed by atoms with van der Waals surface area (Å²) < 4.78 is 30.8. The first-order chi connectivity index (χ1) is 9.36. The number of rotatable bonds is 4. The van der Waals surface area contributed by atoms with E-state index in [1.165, 1.54) is 23.5 Å². The first kappa shape index (κ1) is 14.7. The van der Waals surface area contributed by atoms with E-state index in [1.54, 1.807) is 0 Å². The number of methoxy groups -OCH3 is 1. The lowest BCUT2D eigenvalue weighted by Crippen LogP contribution is -2.32. The molecule has 0 aliphatic carbocycles. The Labute approximate surface area is 116 Å². The Kier molecular flexibility index (Phi) is 3.93. The first-order valence-electron chi connectivity index (χ1n) is 5.94. The molecule has 110 valence electrons. The lowest BCUT2D eigenvalue weighted by Gasteiger charge is -2.16. The predicted octanol–water partition coefficient (Wildman–Crippen LogP) is 0.325. The standard InChI is InChI=1S/C11H15N3O5S/c1-19-11-3-2-9(6-10(11)14(15)16)20(17,18)13-5-4-8(12)7-13/h2-3,6,8H,4-5,7,12H2,1H3/t8-/m1/s1. The molecule has 0 aromatic heterocycles. The molecule has 1 aliphatic heterocycles. The summed E-state index contributed by atoms with van der Waals surface area (Å²) >= 11 is 0. The number of benzene rings is 1. The van der Waals surface area contributed by atoms with Gasteiger partial charge in [-0.15, -0.1) is 0 Å². The number of ether oxygens (including phenoxy) is 1. The molecule has 1 aromatic rings. The van der Waals surface area contributed by atoms with E-state index in [0.717, 1.165) is 6.07 Å². The molecule has 1 atom stereocenters. The van der Waals surface area contributed by atoms with E-state index < -0.39 is 14.9 Å². The van der Waals surface area contributed by atoms with Gasteiger partial charge in [-0.05, 0) is 18.6 Å². The third kappa shape index (κ3) is 2.60. The Bertz CT molecular complexity index is 631. The van der Waals surface area contributed by atoms with Gasteiger partial charge in [0.15, 0.2) is 5.75 Å². The second-order valence-corrected chi connectivity index (χ2v) is 6.44. The van der Waals surface area contributed by atoms with Gasteiger partial charge in [0.25, 0.3) is 0 Å². The normalized spacial score (nSPS) is 20.0. The maximum Gasteiger partial charge on any atom is 0.312 e. The van der Waals surface area contributed by atoms with Crippen LogP contribution in [0.25, 0.3) is 0 Å². The summed E-state index contributed by atoms with van der Waals surface area (Å²) in [6.45, 7) is 0.547. The highest BCUT2D eigenvalue weighted by atomic mass is 32.2. The predicted molar refractivity (Wildman–Crippen MR) is 71.0 cm³/mol. The summed E-state index contributed by atoms with van der Waals surface area (Å²) in [7, 11) is -2.47. The molecule has 9 heteroatoms. The van der Waals surface area contributed by atoms with Crippen LogP contribution in [0.2, 0.25) is 0 Å². The third-order valence-electron chi connectivity index (χ3n) is 3.17. The number of hydrogen-bond donors (Lipinski definition) is 1. The zero-order valence-electron chi connectivity index (χ0n) is 10.9. The molecule has 2 rings (SSSR count). The third-order valence-corrected chi connectivity index (χ3v) is 5.03. The lowest BCUT2D eigenvalue weighted by molar-refractivity contribution is -0.386. The van der Waals surface area contributed by atoms with Gasteiger partial charge in [-0.25, -0.2) is 8.42 Å². The van der Waals surface area contributed by atoms with E-state index in [1.807, 2.05) is 0 Å². The fourth-order valence-corrected chi connectivity index (χ4v) is 3.63. The summed E-state index contributed by atoms with van der Waals surface area (Å²) in [5.41, 5.74) is 5.31. The number of nitrogens with zero attached hydrogens (tertiary/aromatic N) is 2. The fourth-order valence-electron chi connectivity index (χ4n) is 2.09. The smallest absolute Gasteiger partial charge is 0.312 e. The van der Waals surface area contributed by atoms with Gasteiger partial charge in [-0.2, -0.15) is 4.31 Å². The Balaban J connectivity index is 2.42.